The molecule has 176 valence electrons. The van der Waals surface area contributed by atoms with Crippen LogP contribution >= 0.6 is 22.9 Å². The molecule has 0 N–H and O–H groups in total. The van der Waals surface area contributed by atoms with Gasteiger partial charge in [0.1, 0.15) is 0 Å². The van der Waals surface area contributed by atoms with Crippen LogP contribution in [0.1, 0.15) is 31.2 Å². The lowest BCUT2D eigenvalue weighted by molar-refractivity contribution is -0.133. The van der Waals surface area contributed by atoms with Crippen molar-refractivity contribution < 1.29 is 13.7 Å². The van der Waals surface area contributed by atoms with Gasteiger partial charge < -0.3 is 13.8 Å². The molecule has 34 heavy (non-hydrogen) atoms. The summed E-state index contributed by atoms with van der Waals surface area (Å²) in [4.78, 5) is 21.4. The number of carbonyl (C=O) groups excluding carboxylic acids is 1. The van der Waals surface area contributed by atoms with Crippen molar-refractivity contribution in [2.24, 2.45) is 0 Å². The number of nitrogens with zero attached hydrogens (tertiary/aromatic N) is 6. The van der Waals surface area contributed by atoms with Crippen molar-refractivity contribution in [1.82, 2.24) is 30.1 Å². The Morgan fingerprint density at radius 1 is 1.12 bits per heavy atom. The van der Waals surface area contributed by atoms with E-state index in [1.54, 1.807) is 23.5 Å². The Hall–Kier alpha value is -3.08. The van der Waals surface area contributed by atoms with Crippen molar-refractivity contribution in [3.63, 3.8) is 0 Å². The van der Waals surface area contributed by atoms with E-state index in [0.717, 1.165) is 24.2 Å². The van der Waals surface area contributed by atoms with Crippen molar-refractivity contribution in [3.05, 3.63) is 57.9 Å². The van der Waals surface area contributed by atoms with Crippen LogP contribution in [0.4, 0.5) is 0 Å². The molecule has 0 unspecified atom stereocenters. The topological polar surface area (TPSA) is 101 Å². The Kier molecular flexibility index (Phi) is 6.70. The quantitative estimate of drug-likeness (QED) is 0.371. The fourth-order valence-electron chi connectivity index (χ4n) is 3.87. The van der Waals surface area contributed by atoms with Gasteiger partial charge in [-0.3, -0.25) is 9.69 Å². The molecule has 4 aromatic rings. The maximum Gasteiger partial charge on any atom is 0.248 e. The zero-order chi connectivity index (χ0) is 23.5. The number of hydrogen-bond donors (Lipinski definition) is 0. The summed E-state index contributed by atoms with van der Waals surface area (Å²) >= 11 is 7.52. The molecule has 0 aliphatic carbocycles. The number of benzene rings is 1. The van der Waals surface area contributed by atoms with E-state index in [4.69, 9.17) is 20.5 Å². The van der Waals surface area contributed by atoms with Gasteiger partial charge in [0.15, 0.2) is 0 Å². The normalized spacial score (nSPS) is 15.5. The molecule has 1 saturated heterocycles. The van der Waals surface area contributed by atoms with E-state index in [2.05, 4.69) is 25.2 Å². The van der Waals surface area contributed by atoms with E-state index in [-0.39, 0.29) is 11.9 Å². The number of aryl methyl sites for hydroxylation is 1. The van der Waals surface area contributed by atoms with Crippen molar-refractivity contribution in [3.8, 4) is 22.8 Å². The standard InChI is InChI=1S/C23H23ClN6O3S/c1-15(22-25-21(28-33-22)16-2-4-18(24)5-3-16)29-9-11-30(12-10-29)20(31)7-6-19-26-27-23(32-19)17-8-13-34-14-17/h2-5,8,13-15H,6-7,9-12H2,1H3/t15-/m0/s1. The highest BCUT2D eigenvalue weighted by atomic mass is 35.5. The first-order valence-corrected chi connectivity index (χ1v) is 12.4. The number of piperazine rings is 1. The van der Waals surface area contributed by atoms with Crippen LogP contribution in [0.15, 0.2) is 50.0 Å². The number of halogens is 1. The minimum Gasteiger partial charge on any atom is -0.421 e. The molecular weight excluding hydrogens is 476 g/mol. The lowest BCUT2D eigenvalue weighted by atomic mass is 10.2. The molecule has 1 amide bonds. The smallest absolute Gasteiger partial charge is 0.248 e. The molecule has 1 aliphatic rings. The molecule has 5 rings (SSSR count). The van der Waals surface area contributed by atoms with Gasteiger partial charge in [-0.25, -0.2) is 0 Å². The van der Waals surface area contributed by atoms with Crippen LogP contribution in [-0.2, 0) is 11.2 Å². The minimum atomic E-state index is -0.0419. The van der Waals surface area contributed by atoms with Crippen molar-refractivity contribution >= 4 is 28.8 Å². The summed E-state index contributed by atoms with van der Waals surface area (Å²) in [5.41, 5.74) is 1.76. The van der Waals surface area contributed by atoms with Gasteiger partial charge in [0.25, 0.3) is 0 Å². The molecule has 11 heteroatoms. The second kappa shape index (κ2) is 10.0. The van der Waals surface area contributed by atoms with E-state index in [1.165, 1.54) is 0 Å². The van der Waals surface area contributed by atoms with Crippen LogP contribution < -0.4 is 0 Å². The Labute approximate surface area is 205 Å². The summed E-state index contributed by atoms with van der Waals surface area (Å²) in [6.45, 7) is 4.79. The maximum atomic E-state index is 12.7. The summed E-state index contributed by atoms with van der Waals surface area (Å²) in [6.07, 6.45) is 0.775. The third-order valence-corrected chi connectivity index (χ3v) is 6.84. The highest BCUT2D eigenvalue weighted by Crippen LogP contribution is 2.25. The third-order valence-electron chi connectivity index (χ3n) is 5.90. The summed E-state index contributed by atoms with van der Waals surface area (Å²) < 4.78 is 11.2. The number of carbonyl (C=O) groups is 1. The van der Waals surface area contributed by atoms with Gasteiger partial charge in [-0.2, -0.15) is 16.3 Å². The third kappa shape index (κ3) is 5.03. The second-order valence-electron chi connectivity index (χ2n) is 8.07. The molecule has 3 aromatic heterocycles. The van der Waals surface area contributed by atoms with Gasteiger partial charge in [0.2, 0.25) is 29.4 Å². The Morgan fingerprint density at radius 2 is 1.91 bits per heavy atom. The first-order chi connectivity index (χ1) is 16.6. The highest BCUT2D eigenvalue weighted by Gasteiger charge is 2.28. The number of hydrogen-bond acceptors (Lipinski definition) is 9. The Bertz CT molecular complexity index is 1230. The van der Waals surface area contributed by atoms with E-state index >= 15 is 0 Å². The molecule has 1 aromatic carbocycles. The Morgan fingerprint density at radius 3 is 2.65 bits per heavy atom. The number of aromatic nitrogens is 4. The fourth-order valence-corrected chi connectivity index (χ4v) is 4.62. The number of rotatable bonds is 7. The van der Waals surface area contributed by atoms with Crippen LogP contribution in [-0.4, -0.2) is 62.2 Å². The molecule has 0 radical (unpaired) electrons. The molecule has 0 bridgehead atoms. The van der Waals surface area contributed by atoms with E-state index in [0.29, 0.717) is 54.5 Å². The first-order valence-electron chi connectivity index (χ1n) is 11.0. The Balaban J connectivity index is 1.11. The lowest BCUT2D eigenvalue weighted by Crippen LogP contribution is -2.49. The summed E-state index contributed by atoms with van der Waals surface area (Å²) in [5, 5.41) is 16.8. The van der Waals surface area contributed by atoms with Gasteiger partial charge in [0.05, 0.1) is 6.04 Å². The molecule has 0 spiro atoms. The SMILES string of the molecule is C[C@@H](c1nc(-c2ccc(Cl)cc2)no1)N1CCN(C(=O)CCc2nnc(-c3ccsc3)o2)CC1. The minimum absolute atomic E-state index is 0.0419. The van der Waals surface area contributed by atoms with Crippen LogP contribution in [0.25, 0.3) is 22.8 Å². The molecule has 0 saturated carbocycles. The lowest BCUT2D eigenvalue weighted by Gasteiger charge is -2.36. The van der Waals surface area contributed by atoms with Crippen molar-refractivity contribution in [1.29, 1.82) is 0 Å². The molecular formula is C23H23ClN6O3S. The van der Waals surface area contributed by atoms with Crippen molar-refractivity contribution in [2.75, 3.05) is 26.2 Å². The average molecular weight is 499 g/mol. The summed E-state index contributed by atoms with van der Waals surface area (Å²) in [6, 6.07) is 9.22. The molecule has 4 heterocycles. The van der Waals surface area contributed by atoms with Crippen LogP contribution in [0.3, 0.4) is 0 Å². The number of amides is 1. The predicted molar refractivity (Wildman–Crippen MR) is 127 cm³/mol. The predicted octanol–water partition coefficient (Wildman–Crippen LogP) is 4.34. The maximum absolute atomic E-state index is 12.7. The van der Waals surface area contributed by atoms with E-state index < -0.39 is 0 Å². The highest BCUT2D eigenvalue weighted by molar-refractivity contribution is 7.08. The zero-order valence-electron chi connectivity index (χ0n) is 18.6. The average Bonchev–Trinajstić information content (AvgIpc) is 3.64. The van der Waals surface area contributed by atoms with Crippen molar-refractivity contribution in [2.45, 2.75) is 25.8 Å². The molecule has 1 atom stereocenters. The monoisotopic (exact) mass is 498 g/mol. The molecule has 1 aliphatic heterocycles. The van der Waals surface area contributed by atoms with Crippen LogP contribution in [0.2, 0.25) is 5.02 Å². The van der Waals surface area contributed by atoms with Gasteiger partial charge in [0, 0.05) is 60.6 Å². The first kappa shape index (κ1) is 22.7. The van der Waals surface area contributed by atoms with Gasteiger partial charge in [-0.1, -0.05) is 16.8 Å². The van der Waals surface area contributed by atoms with E-state index in [9.17, 15) is 4.79 Å². The van der Waals surface area contributed by atoms with Gasteiger partial charge in [-0.15, -0.1) is 10.2 Å². The molecule has 1 fully saturated rings. The second-order valence-corrected chi connectivity index (χ2v) is 9.29. The largest absolute Gasteiger partial charge is 0.421 e. The molecule has 9 nitrogen and oxygen atoms in total. The van der Waals surface area contributed by atoms with Crippen LogP contribution in [0.5, 0.6) is 0 Å². The summed E-state index contributed by atoms with van der Waals surface area (Å²) in [7, 11) is 0. The van der Waals surface area contributed by atoms with Gasteiger partial charge in [-0.05, 0) is 42.6 Å². The number of thiophene rings is 1. The zero-order valence-corrected chi connectivity index (χ0v) is 20.1. The fraction of sp³-hybridized carbons (Fsp3) is 0.348. The van der Waals surface area contributed by atoms with Gasteiger partial charge >= 0.3 is 0 Å². The van der Waals surface area contributed by atoms with E-state index in [1.807, 2.05) is 40.8 Å². The summed E-state index contributed by atoms with van der Waals surface area (Å²) in [5.74, 6) is 2.16. The van der Waals surface area contributed by atoms with Crippen LogP contribution in [0, 0.1) is 0 Å².